The van der Waals surface area contributed by atoms with Gasteiger partial charge in [0.15, 0.2) is 0 Å². The molecule has 1 saturated heterocycles. The fraction of sp³-hybridized carbons (Fsp3) is 0.300. The molecule has 7 nitrogen and oxygen atoms in total. The molecule has 7 heteroatoms. The Labute approximate surface area is 157 Å². The van der Waals surface area contributed by atoms with Gasteiger partial charge in [-0.3, -0.25) is 4.79 Å². The molecule has 1 aliphatic heterocycles. The van der Waals surface area contributed by atoms with Crippen LogP contribution in [0.4, 0.5) is 5.82 Å². The van der Waals surface area contributed by atoms with Gasteiger partial charge in [-0.25, -0.2) is 4.98 Å². The molecule has 1 unspecified atom stereocenters. The number of aryl methyl sites for hydroxylation is 1. The predicted octanol–water partition coefficient (Wildman–Crippen LogP) is 2.81. The minimum absolute atomic E-state index is 0.118. The number of nitrogens with two attached hydrogens (primary N) is 1. The molecule has 1 amide bonds. The fourth-order valence-corrected chi connectivity index (χ4v) is 3.39. The van der Waals surface area contributed by atoms with Gasteiger partial charge in [-0.2, -0.15) is 4.98 Å². The number of pyridine rings is 1. The van der Waals surface area contributed by atoms with Gasteiger partial charge in [0.2, 0.25) is 11.7 Å². The average Bonchev–Trinajstić information content (AvgIpc) is 3.18. The molecule has 1 fully saturated rings. The van der Waals surface area contributed by atoms with Gasteiger partial charge in [-0.05, 0) is 37.5 Å². The Morgan fingerprint density at radius 1 is 1.26 bits per heavy atom. The van der Waals surface area contributed by atoms with Gasteiger partial charge in [0.25, 0.3) is 5.89 Å². The van der Waals surface area contributed by atoms with Crippen LogP contribution in [0.25, 0.3) is 22.8 Å². The smallest absolute Gasteiger partial charge is 0.259 e. The zero-order chi connectivity index (χ0) is 18.8. The van der Waals surface area contributed by atoms with E-state index in [1.54, 1.807) is 6.20 Å². The molecule has 0 radical (unpaired) electrons. The number of anilines is 1. The SMILES string of the molecule is Cc1ccccc1-c1noc(-c2ccc(N3CCCC(C(N)=O)C3)nc2)n1. The van der Waals surface area contributed by atoms with Crippen molar-refractivity contribution in [3.63, 3.8) is 0 Å². The van der Waals surface area contributed by atoms with Gasteiger partial charge in [0.05, 0.1) is 11.5 Å². The first-order chi connectivity index (χ1) is 13.1. The van der Waals surface area contributed by atoms with Crippen molar-refractivity contribution in [2.45, 2.75) is 19.8 Å². The Kier molecular flexibility index (Phi) is 4.58. The van der Waals surface area contributed by atoms with Crippen LogP contribution in [0.5, 0.6) is 0 Å². The Balaban J connectivity index is 1.53. The lowest BCUT2D eigenvalue weighted by atomic mass is 9.97. The van der Waals surface area contributed by atoms with Crippen molar-refractivity contribution < 1.29 is 9.32 Å². The van der Waals surface area contributed by atoms with Crippen LogP contribution in [0.1, 0.15) is 18.4 Å². The molecule has 3 aromatic rings. The first-order valence-corrected chi connectivity index (χ1v) is 9.02. The van der Waals surface area contributed by atoms with Crippen LogP contribution in [0.2, 0.25) is 0 Å². The van der Waals surface area contributed by atoms with E-state index in [9.17, 15) is 4.79 Å². The zero-order valence-electron chi connectivity index (χ0n) is 15.1. The number of piperidine rings is 1. The average molecular weight is 363 g/mol. The standard InChI is InChI=1S/C20H21N5O2/c1-13-5-2-3-7-16(13)19-23-20(27-24-19)14-8-9-17(22-11-14)25-10-4-6-15(12-25)18(21)26/h2-3,5,7-9,11,15H,4,6,10,12H2,1H3,(H2,21,26). The number of aromatic nitrogens is 3. The molecule has 0 saturated carbocycles. The predicted molar refractivity (Wildman–Crippen MR) is 102 cm³/mol. The summed E-state index contributed by atoms with van der Waals surface area (Å²) in [5, 5.41) is 4.09. The number of hydrogen-bond donors (Lipinski definition) is 1. The molecule has 1 aliphatic rings. The van der Waals surface area contributed by atoms with Crippen molar-refractivity contribution in [1.29, 1.82) is 0 Å². The van der Waals surface area contributed by atoms with Crippen LogP contribution in [0.3, 0.4) is 0 Å². The molecule has 0 bridgehead atoms. The van der Waals surface area contributed by atoms with Gasteiger partial charge in [-0.1, -0.05) is 29.4 Å². The van der Waals surface area contributed by atoms with Gasteiger partial charge >= 0.3 is 0 Å². The maximum absolute atomic E-state index is 11.5. The second kappa shape index (κ2) is 7.19. The van der Waals surface area contributed by atoms with Crippen molar-refractivity contribution in [3.05, 3.63) is 48.2 Å². The lowest BCUT2D eigenvalue weighted by Gasteiger charge is -2.32. The Morgan fingerprint density at radius 2 is 2.11 bits per heavy atom. The molecule has 1 atom stereocenters. The summed E-state index contributed by atoms with van der Waals surface area (Å²) in [6.45, 7) is 3.49. The molecule has 2 N–H and O–H groups in total. The second-order valence-corrected chi connectivity index (χ2v) is 6.83. The highest BCUT2D eigenvalue weighted by molar-refractivity contribution is 5.77. The third kappa shape index (κ3) is 3.53. The van der Waals surface area contributed by atoms with E-state index in [2.05, 4.69) is 20.0 Å². The Morgan fingerprint density at radius 3 is 2.85 bits per heavy atom. The van der Waals surface area contributed by atoms with Crippen LogP contribution >= 0.6 is 0 Å². The molecule has 138 valence electrons. The summed E-state index contributed by atoms with van der Waals surface area (Å²) >= 11 is 0. The summed E-state index contributed by atoms with van der Waals surface area (Å²) in [6, 6.07) is 11.7. The van der Waals surface area contributed by atoms with E-state index >= 15 is 0 Å². The number of carbonyl (C=O) groups excluding carboxylic acids is 1. The summed E-state index contributed by atoms with van der Waals surface area (Å²) in [5.41, 5.74) is 8.25. The lowest BCUT2D eigenvalue weighted by Crippen LogP contribution is -2.41. The van der Waals surface area contributed by atoms with Crippen molar-refractivity contribution in [3.8, 4) is 22.8 Å². The maximum atomic E-state index is 11.5. The summed E-state index contributed by atoms with van der Waals surface area (Å²) in [6.07, 6.45) is 3.49. The molecular formula is C20H21N5O2. The van der Waals surface area contributed by atoms with Crippen LogP contribution in [-0.2, 0) is 4.79 Å². The number of hydrogen-bond acceptors (Lipinski definition) is 6. The minimum atomic E-state index is -0.245. The van der Waals surface area contributed by atoms with E-state index < -0.39 is 0 Å². The number of nitrogens with zero attached hydrogens (tertiary/aromatic N) is 4. The summed E-state index contributed by atoms with van der Waals surface area (Å²) in [7, 11) is 0. The van der Waals surface area contributed by atoms with Gasteiger partial charge in [-0.15, -0.1) is 0 Å². The van der Waals surface area contributed by atoms with E-state index in [1.807, 2.05) is 43.3 Å². The third-order valence-electron chi connectivity index (χ3n) is 4.95. The number of primary amides is 1. The molecule has 27 heavy (non-hydrogen) atoms. The number of rotatable bonds is 4. The normalized spacial score (nSPS) is 17.1. The van der Waals surface area contributed by atoms with Crippen molar-refractivity contribution in [2.24, 2.45) is 11.7 Å². The lowest BCUT2D eigenvalue weighted by molar-refractivity contribution is -0.122. The first kappa shape index (κ1) is 17.2. The molecule has 2 aromatic heterocycles. The topological polar surface area (TPSA) is 98.1 Å². The Bertz CT molecular complexity index is 951. The molecule has 3 heterocycles. The largest absolute Gasteiger partial charge is 0.369 e. The highest BCUT2D eigenvalue weighted by Crippen LogP contribution is 2.26. The summed E-state index contributed by atoms with van der Waals surface area (Å²) in [4.78, 5) is 22.6. The van der Waals surface area contributed by atoms with Crippen molar-refractivity contribution in [1.82, 2.24) is 15.1 Å². The first-order valence-electron chi connectivity index (χ1n) is 9.02. The molecule has 1 aromatic carbocycles. The van der Waals surface area contributed by atoms with Gasteiger partial charge in [0, 0.05) is 24.8 Å². The van der Waals surface area contributed by atoms with E-state index in [0.29, 0.717) is 18.3 Å². The van der Waals surface area contributed by atoms with Crippen LogP contribution in [0, 0.1) is 12.8 Å². The zero-order valence-corrected chi connectivity index (χ0v) is 15.1. The van der Waals surface area contributed by atoms with Crippen LogP contribution in [0.15, 0.2) is 47.1 Å². The summed E-state index contributed by atoms with van der Waals surface area (Å²) < 4.78 is 5.42. The van der Waals surface area contributed by atoms with E-state index in [4.69, 9.17) is 10.3 Å². The second-order valence-electron chi connectivity index (χ2n) is 6.83. The van der Waals surface area contributed by atoms with E-state index in [-0.39, 0.29) is 11.8 Å². The van der Waals surface area contributed by atoms with E-state index in [0.717, 1.165) is 41.9 Å². The maximum Gasteiger partial charge on any atom is 0.259 e. The van der Waals surface area contributed by atoms with Crippen molar-refractivity contribution in [2.75, 3.05) is 18.0 Å². The van der Waals surface area contributed by atoms with Gasteiger partial charge in [0.1, 0.15) is 5.82 Å². The molecular weight excluding hydrogens is 342 g/mol. The third-order valence-corrected chi connectivity index (χ3v) is 4.95. The monoisotopic (exact) mass is 363 g/mol. The highest BCUT2D eigenvalue weighted by Gasteiger charge is 2.24. The molecule has 0 aliphatic carbocycles. The molecule has 4 rings (SSSR count). The highest BCUT2D eigenvalue weighted by atomic mass is 16.5. The Hall–Kier alpha value is -3.22. The van der Waals surface area contributed by atoms with Gasteiger partial charge < -0.3 is 15.2 Å². The van der Waals surface area contributed by atoms with Crippen molar-refractivity contribution >= 4 is 11.7 Å². The van der Waals surface area contributed by atoms with Crippen LogP contribution in [-0.4, -0.2) is 34.1 Å². The van der Waals surface area contributed by atoms with E-state index in [1.165, 1.54) is 0 Å². The van der Waals surface area contributed by atoms with Crippen LogP contribution < -0.4 is 10.6 Å². The number of carbonyl (C=O) groups is 1. The quantitative estimate of drug-likeness (QED) is 0.765. The summed E-state index contributed by atoms with van der Waals surface area (Å²) in [5.74, 6) is 1.45. The number of amides is 1. The number of benzene rings is 1. The fourth-order valence-electron chi connectivity index (χ4n) is 3.39. The molecule has 0 spiro atoms. The minimum Gasteiger partial charge on any atom is -0.369 e.